The van der Waals surface area contributed by atoms with Crippen molar-refractivity contribution in [3.63, 3.8) is 0 Å². The number of carbonyl (C=O) groups is 1. The van der Waals surface area contributed by atoms with Crippen LogP contribution in [0.1, 0.15) is 21.5 Å². The zero-order valence-electron chi connectivity index (χ0n) is 9.16. The molecule has 0 bridgehead atoms. The third-order valence-electron chi connectivity index (χ3n) is 3.07. The van der Waals surface area contributed by atoms with Crippen molar-refractivity contribution in [3.05, 3.63) is 55.8 Å². The number of carboxylic acids is 1. The Kier molecular flexibility index (Phi) is 2.38. The molecule has 18 heavy (non-hydrogen) atoms. The summed E-state index contributed by atoms with van der Waals surface area (Å²) in [7, 11) is 0. The molecular formula is C13H8BrNO3. The van der Waals surface area contributed by atoms with E-state index in [2.05, 4.69) is 20.9 Å². The Morgan fingerprint density at radius 3 is 2.78 bits per heavy atom. The summed E-state index contributed by atoms with van der Waals surface area (Å²) in [5, 5.41) is 8.93. The second-order valence-corrected chi connectivity index (χ2v) is 5.11. The first-order valence-electron chi connectivity index (χ1n) is 5.34. The molecule has 0 atom stereocenters. The van der Waals surface area contributed by atoms with Crippen LogP contribution in [0.2, 0.25) is 0 Å². The number of benzene rings is 1. The molecule has 0 radical (unpaired) electrons. The molecule has 1 aromatic heterocycles. The van der Waals surface area contributed by atoms with Gasteiger partial charge in [0, 0.05) is 16.5 Å². The van der Waals surface area contributed by atoms with Gasteiger partial charge in [-0.3, -0.25) is 4.79 Å². The summed E-state index contributed by atoms with van der Waals surface area (Å²) >= 11 is 3.40. The smallest absolute Gasteiger partial charge is 0.341 e. The van der Waals surface area contributed by atoms with Gasteiger partial charge in [0.25, 0.3) is 5.56 Å². The minimum Gasteiger partial charge on any atom is -0.477 e. The molecule has 0 saturated heterocycles. The number of carboxylic acid groups (broad SMARTS) is 1. The Morgan fingerprint density at radius 2 is 2.06 bits per heavy atom. The molecule has 0 saturated carbocycles. The van der Waals surface area contributed by atoms with Crippen LogP contribution in [0.4, 0.5) is 0 Å². The van der Waals surface area contributed by atoms with Crippen molar-refractivity contribution in [3.8, 4) is 11.3 Å². The number of aromatic carboxylic acids is 1. The summed E-state index contributed by atoms with van der Waals surface area (Å²) < 4.78 is 0.967. The highest BCUT2D eigenvalue weighted by atomic mass is 79.9. The van der Waals surface area contributed by atoms with Crippen LogP contribution in [-0.4, -0.2) is 16.1 Å². The first-order chi connectivity index (χ1) is 8.56. The maximum absolute atomic E-state index is 11.7. The average Bonchev–Trinajstić information content (AvgIpc) is 2.64. The predicted molar refractivity (Wildman–Crippen MR) is 70.0 cm³/mol. The van der Waals surface area contributed by atoms with E-state index < -0.39 is 11.5 Å². The van der Waals surface area contributed by atoms with Crippen molar-refractivity contribution in [2.75, 3.05) is 0 Å². The maximum atomic E-state index is 11.7. The molecule has 1 heterocycles. The van der Waals surface area contributed by atoms with Crippen molar-refractivity contribution in [1.82, 2.24) is 4.98 Å². The molecular weight excluding hydrogens is 298 g/mol. The minimum atomic E-state index is -1.20. The second kappa shape index (κ2) is 3.81. The van der Waals surface area contributed by atoms with Crippen molar-refractivity contribution < 1.29 is 9.90 Å². The van der Waals surface area contributed by atoms with Gasteiger partial charge in [-0.25, -0.2) is 4.79 Å². The molecule has 4 nitrogen and oxygen atoms in total. The number of halogens is 1. The third kappa shape index (κ3) is 1.59. The lowest BCUT2D eigenvalue weighted by atomic mass is 10.1. The lowest BCUT2D eigenvalue weighted by Crippen LogP contribution is -2.18. The van der Waals surface area contributed by atoms with Crippen LogP contribution < -0.4 is 5.56 Å². The van der Waals surface area contributed by atoms with Gasteiger partial charge in [0.05, 0.1) is 5.69 Å². The predicted octanol–water partition coefficient (Wildman–Crippen LogP) is 2.41. The van der Waals surface area contributed by atoms with E-state index in [-0.39, 0.29) is 5.56 Å². The van der Waals surface area contributed by atoms with Crippen LogP contribution in [0.15, 0.2) is 33.5 Å². The number of aromatic amines is 1. The summed E-state index contributed by atoms with van der Waals surface area (Å²) in [6.45, 7) is 0. The van der Waals surface area contributed by atoms with Crippen molar-refractivity contribution in [1.29, 1.82) is 0 Å². The lowest BCUT2D eigenvalue weighted by Gasteiger charge is -2.02. The van der Waals surface area contributed by atoms with Gasteiger partial charge in [-0.05, 0) is 29.3 Å². The monoisotopic (exact) mass is 305 g/mol. The second-order valence-electron chi connectivity index (χ2n) is 4.20. The molecule has 0 spiro atoms. The number of fused-ring (bicyclic) bond motifs is 3. The first-order valence-corrected chi connectivity index (χ1v) is 6.14. The van der Waals surface area contributed by atoms with E-state index in [1.54, 1.807) is 0 Å². The highest BCUT2D eigenvalue weighted by Crippen LogP contribution is 2.35. The van der Waals surface area contributed by atoms with Gasteiger partial charge in [0.15, 0.2) is 0 Å². The molecule has 1 aliphatic rings. The Balaban J connectivity index is 2.24. The van der Waals surface area contributed by atoms with Crippen LogP contribution in [-0.2, 0) is 6.42 Å². The van der Waals surface area contributed by atoms with Crippen LogP contribution in [0, 0.1) is 0 Å². The molecule has 90 valence electrons. The SMILES string of the molecule is O=C(O)c1cc2c([nH]c1=O)-c1ccc(Br)cc1C2. The summed E-state index contributed by atoms with van der Waals surface area (Å²) in [6.07, 6.45) is 0.640. The van der Waals surface area contributed by atoms with E-state index >= 15 is 0 Å². The molecule has 2 aromatic rings. The molecule has 3 rings (SSSR count). The van der Waals surface area contributed by atoms with E-state index in [0.717, 1.165) is 26.9 Å². The van der Waals surface area contributed by atoms with E-state index in [1.165, 1.54) is 6.07 Å². The van der Waals surface area contributed by atoms with Gasteiger partial charge in [-0.15, -0.1) is 0 Å². The Morgan fingerprint density at radius 1 is 1.28 bits per heavy atom. The first kappa shape index (κ1) is 11.2. The molecule has 0 amide bonds. The molecule has 1 aliphatic carbocycles. The number of hydrogen-bond donors (Lipinski definition) is 2. The van der Waals surface area contributed by atoms with Gasteiger partial charge < -0.3 is 10.1 Å². The minimum absolute atomic E-state index is 0.208. The molecule has 0 fully saturated rings. The van der Waals surface area contributed by atoms with Gasteiger partial charge >= 0.3 is 5.97 Å². The zero-order valence-corrected chi connectivity index (χ0v) is 10.7. The van der Waals surface area contributed by atoms with E-state index in [0.29, 0.717) is 6.42 Å². The van der Waals surface area contributed by atoms with Crippen LogP contribution in [0.3, 0.4) is 0 Å². The Labute approximate surface area is 110 Å². The number of pyridine rings is 1. The van der Waals surface area contributed by atoms with Crippen LogP contribution >= 0.6 is 15.9 Å². The number of rotatable bonds is 1. The quantitative estimate of drug-likeness (QED) is 0.725. The van der Waals surface area contributed by atoms with Crippen LogP contribution in [0.5, 0.6) is 0 Å². The maximum Gasteiger partial charge on any atom is 0.341 e. The molecule has 0 aliphatic heterocycles. The normalized spacial score (nSPS) is 12.1. The highest BCUT2D eigenvalue weighted by Gasteiger charge is 2.22. The van der Waals surface area contributed by atoms with Gasteiger partial charge in [-0.1, -0.05) is 22.0 Å². The Bertz CT molecular complexity index is 734. The van der Waals surface area contributed by atoms with Crippen molar-refractivity contribution in [2.24, 2.45) is 0 Å². The fourth-order valence-electron chi connectivity index (χ4n) is 2.27. The molecule has 0 unspecified atom stereocenters. The summed E-state index contributed by atoms with van der Waals surface area (Å²) in [6, 6.07) is 7.26. The number of H-pyrrole nitrogens is 1. The summed E-state index contributed by atoms with van der Waals surface area (Å²) in [4.78, 5) is 25.2. The highest BCUT2D eigenvalue weighted by molar-refractivity contribution is 9.10. The molecule has 2 N–H and O–H groups in total. The lowest BCUT2D eigenvalue weighted by molar-refractivity contribution is 0.0695. The standard InChI is InChI=1S/C13H8BrNO3/c14-8-1-2-9-6(4-8)3-7-5-10(13(17)18)12(16)15-11(7)9/h1-2,4-5H,3H2,(H,15,16)(H,17,18). The topological polar surface area (TPSA) is 70.2 Å². The number of aromatic nitrogens is 1. The zero-order chi connectivity index (χ0) is 12.9. The van der Waals surface area contributed by atoms with Gasteiger partial charge in [0.2, 0.25) is 0 Å². The molecule has 1 aromatic carbocycles. The summed E-state index contributed by atoms with van der Waals surface area (Å²) in [5.74, 6) is -1.20. The van der Waals surface area contributed by atoms with E-state index in [9.17, 15) is 9.59 Å². The fourth-order valence-corrected chi connectivity index (χ4v) is 2.68. The fraction of sp³-hybridized carbons (Fsp3) is 0.0769. The van der Waals surface area contributed by atoms with Crippen LogP contribution in [0.25, 0.3) is 11.3 Å². The molecule has 5 heteroatoms. The number of nitrogens with one attached hydrogen (secondary N) is 1. The third-order valence-corrected chi connectivity index (χ3v) is 3.56. The number of hydrogen-bond acceptors (Lipinski definition) is 2. The van der Waals surface area contributed by atoms with E-state index in [4.69, 9.17) is 5.11 Å². The summed E-state index contributed by atoms with van der Waals surface area (Å²) in [5.41, 5.74) is 2.85. The average molecular weight is 306 g/mol. The van der Waals surface area contributed by atoms with Gasteiger partial charge in [0.1, 0.15) is 5.56 Å². The largest absolute Gasteiger partial charge is 0.477 e. The Hall–Kier alpha value is -1.88. The van der Waals surface area contributed by atoms with Crippen molar-refractivity contribution in [2.45, 2.75) is 6.42 Å². The van der Waals surface area contributed by atoms with Gasteiger partial charge in [-0.2, -0.15) is 0 Å². The van der Waals surface area contributed by atoms with E-state index in [1.807, 2.05) is 18.2 Å². The van der Waals surface area contributed by atoms with Crippen molar-refractivity contribution >= 4 is 21.9 Å².